The monoisotopic (exact) mass is 516 g/mol. The van der Waals surface area contributed by atoms with Gasteiger partial charge in [0.2, 0.25) is 0 Å². The fourth-order valence-corrected chi connectivity index (χ4v) is 4.87. The number of aliphatic imine (C=N–C) groups is 1. The molecular weight excluding hydrogens is 482 g/mol. The van der Waals surface area contributed by atoms with Crippen molar-refractivity contribution in [2.24, 2.45) is 16.3 Å². The third-order valence-electron chi connectivity index (χ3n) is 6.74. The normalized spacial score (nSPS) is 26.1. The summed E-state index contributed by atoms with van der Waals surface area (Å²) in [6.45, 7) is 7.70. The zero-order valence-electron chi connectivity index (χ0n) is 17.4. The summed E-state index contributed by atoms with van der Waals surface area (Å²) in [5.41, 5.74) is 1.16. The van der Waals surface area contributed by atoms with Crippen molar-refractivity contribution in [2.75, 3.05) is 53.0 Å². The van der Waals surface area contributed by atoms with Gasteiger partial charge in [-0.05, 0) is 50.8 Å². The predicted octanol–water partition coefficient (Wildman–Crippen LogP) is 3.34. The van der Waals surface area contributed by atoms with Gasteiger partial charge in [-0.3, -0.25) is 9.89 Å². The molecule has 7 heteroatoms. The van der Waals surface area contributed by atoms with Crippen molar-refractivity contribution in [1.82, 2.24) is 15.1 Å². The first-order chi connectivity index (χ1) is 13.7. The molecule has 3 saturated heterocycles. The Hall–Kier alpha value is -0.930. The quantitative estimate of drug-likeness (QED) is 0.379. The minimum Gasteiger partial charge on any atom is -0.381 e. The van der Waals surface area contributed by atoms with E-state index in [0.29, 0.717) is 17.9 Å². The standard InChI is InChI=1S/C22H33FN4O.HI/c1-24-21(27-12-8-22(16-27)9-13-28-17-22)25-14-18-6-10-26(11-7-18)15-19-4-2-3-5-20(19)23;/h2-5,18H,6-17H2,1H3,(H,24,25);1H. The number of piperidine rings is 1. The van der Waals surface area contributed by atoms with E-state index < -0.39 is 0 Å². The topological polar surface area (TPSA) is 40.1 Å². The summed E-state index contributed by atoms with van der Waals surface area (Å²) in [5.74, 6) is 1.60. The summed E-state index contributed by atoms with van der Waals surface area (Å²) in [6, 6.07) is 7.12. The van der Waals surface area contributed by atoms with Gasteiger partial charge in [0, 0.05) is 50.8 Å². The molecule has 1 unspecified atom stereocenters. The number of guanidine groups is 1. The molecule has 0 bridgehead atoms. The second-order valence-corrected chi connectivity index (χ2v) is 8.71. The Labute approximate surface area is 191 Å². The summed E-state index contributed by atoms with van der Waals surface area (Å²) in [7, 11) is 1.88. The molecule has 3 fully saturated rings. The smallest absolute Gasteiger partial charge is 0.193 e. The van der Waals surface area contributed by atoms with Gasteiger partial charge < -0.3 is 15.0 Å². The van der Waals surface area contributed by atoms with Crippen molar-refractivity contribution in [3.8, 4) is 0 Å². The summed E-state index contributed by atoms with van der Waals surface area (Å²) in [4.78, 5) is 9.30. The second-order valence-electron chi connectivity index (χ2n) is 8.71. The van der Waals surface area contributed by atoms with Gasteiger partial charge in [0.25, 0.3) is 0 Å². The molecule has 3 heterocycles. The minimum absolute atomic E-state index is 0. The lowest BCUT2D eigenvalue weighted by molar-refractivity contribution is 0.156. The number of ether oxygens (including phenoxy) is 1. The number of hydrogen-bond acceptors (Lipinski definition) is 3. The summed E-state index contributed by atoms with van der Waals surface area (Å²) >= 11 is 0. The van der Waals surface area contributed by atoms with Crippen LogP contribution in [0.15, 0.2) is 29.3 Å². The first-order valence-electron chi connectivity index (χ1n) is 10.7. The first kappa shape index (κ1) is 22.7. The Morgan fingerprint density at radius 2 is 2.03 bits per heavy atom. The second kappa shape index (κ2) is 10.4. The van der Waals surface area contributed by atoms with E-state index >= 15 is 0 Å². The number of hydrogen-bond donors (Lipinski definition) is 1. The molecule has 3 aliphatic rings. The van der Waals surface area contributed by atoms with E-state index in [-0.39, 0.29) is 29.8 Å². The molecule has 3 aliphatic heterocycles. The third-order valence-corrected chi connectivity index (χ3v) is 6.74. The van der Waals surface area contributed by atoms with E-state index in [0.717, 1.165) is 70.3 Å². The Bertz CT molecular complexity index is 687. The van der Waals surface area contributed by atoms with Gasteiger partial charge in [-0.15, -0.1) is 24.0 Å². The maximum absolute atomic E-state index is 13.9. The Morgan fingerprint density at radius 3 is 2.72 bits per heavy atom. The van der Waals surface area contributed by atoms with Crippen molar-refractivity contribution in [3.63, 3.8) is 0 Å². The maximum atomic E-state index is 13.9. The van der Waals surface area contributed by atoms with Crippen molar-refractivity contribution < 1.29 is 9.13 Å². The van der Waals surface area contributed by atoms with Gasteiger partial charge in [-0.1, -0.05) is 18.2 Å². The van der Waals surface area contributed by atoms with Crippen molar-refractivity contribution >= 4 is 29.9 Å². The highest BCUT2D eigenvalue weighted by atomic mass is 127. The third kappa shape index (κ3) is 5.61. The van der Waals surface area contributed by atoms with Gasteiger partial charge in [0.15, 0.2) is 5.96 Å². The molecule has 0 aliphatic carbocycles. The number of halogens is 2. The van der Waals surface area contributed by atoms with E-state index in [1.54, 1.807) is 12.1 Å². The molecule has 162 valence electrons. The molecule has 1 aromatic rings. The van der Waals surface area contributed by atoms with E-state index in [1.807, 2.05) is 19.2 Å². The lowest BCUT2D eigenvalue weighted by atomic mass is 9.87. The Morgan fingerprint density at radius 1 is 1.24 bits per heavy atom. The number of nitrogens with one attached hydrogen (secondary N) is 1. The molecule has 1 spiro atoms. The highest BCUT2D eigenvalue weighted by Crippen LogP contribution is 2.38. The van der Waals surface area contributed by atoms with Crippen LogP contribution in [0.1, 0.15) is 31.2 Å². The van der Waals surface area contributed by atoms with Crippen LogP contribution in [0.4, 0.5) is 4.39 Å². The largest absolute Gasteiger partial charge is 0.381 e. The average molecular weight is 516 g/mol. The van der Waals surface area contributed by atoms with E-state index in [1.165, 1.54) is 12.8 Å². The predicted molar refractivity (Wildman–Crippen MR) is 125 cm³/mol. The van der Waals surface area contributed by atoms with Gasteiger partial charge >= 0.3 is 0 Å². The van der Waals surface area contributed by atoms with Crippen LogP contribution in [0.25, 0.3) is 0 Å². The lowest BCUT2D eigenvalue weighted by Crippen LogP contribution is -2.44. The van der Waals surface area contributed by atoms with Gasteiger partial charge in [0.05, 0.1) is 6.61 Å². The summed E-state index contributed by atoms with van der Waals surface area (Å²) < 4.78 is 19.5. The fraction of sp³-hybridized carbons (Fsp3) is 0.682. The van der Waals surface area contributed by atoms with Crippen LogP contribution >= 0.6 is 24.0 Å². The molecule has 1 aromatic carbocycles. The van der Waals surface area contributed by atoms with Crippen LogP contribution in [0.2, 0.25) is 0 Å². The first-order valence-corrected chi connectivity index (χ1v) is 10.7. The van der Waals surface area contributed by atoms with Gasteiger partial charge in [0.1, 0.15) is 5.82 Å². The highest BCUT2D eigenvalue weighted by molar-refractivity contribution is 14.0. The van der Waals surface area contributed by atoms with Crippen molar-refractivity contribution in [1.29, 1.82) is 0 Å². The zero-order chi connectivity index (χ0) is 19.4. The van der Waals surface area contributed by atoms with Gasteiger partial charge in [-0.2, -0.15) is 0 Å². The minimum atomic E-state index is -0.0915. The molecule has 0 aromatic heterocycles. The van der Waals surface area contributed by atoms with Crippen LogP contribution in [0, 0.1) is 17.2 Å². The van der Waals surface area contributed by atoms with Crippen molar-refractivity contribution in [3.05, 3.63) is 35.6 Å². The summed E-state index contributed by atoms with van der Waals surface area (Å²) in [6.07, 6.45) is 4.69. The van der Waals surface area contributed by atoms with Crippen molar-refractivity contribution in [2.45, 2.75) is 32.2 Å². The lowest BCUT2D eigenvalue weighted by Gasteiger charge is -2.33. The molecule has 1 N–H and O–H groups in total. The van der Waals surface area contributed by atoms with E-state index in [2.05, 4.69) is 20.1 Å². The fourth-order valence-electron chi connectivity index (χ4n) is 4.87. The van der Waals surface area contributed by atoms with Crippen LogP contribution in [-0.2, 0) is 11.3 Å². The Kier molecular flexibility index (Phi) is 8.15. The molecule has 4 rings (SSSR count). The van der Waals surface area contributed by atoms with E-state index in [4.69, 9.17) is 4.74 Å². The zero-order valence-corrected chi connectivity index (χ0v) is 19.7. The SMILES string of the molecule is CN=C(NCC1CCN(Cc2ccccc2F)CC1)N1CCC2(CCOC2)C1.I. The van der Waals surface area contributed by atoms with Crippen LogP contribution < -0.4 is 5.32 Å². The molecule has 0 amide bonds. The molecular formula is C22H34FIN4O. The van der Waals surface area contributed by atoms with Crippen LogP contribution in [0.3, 0.4) is 0 Å². The molecule has 0 radical (unpaired) electrons. The molecule has 5 nitrogen and oxygen atoms in total. The Balaban J connectivity index is 0.00000240. The number of benzene rings is 1. The number of nitrogens with zero attached hydrogens (tertiary/aromatic N) is 3. The number of rotatable bonds is 4. The van der Waals surface area contributed by atoms with Crippen LogP contribution in [0.5, 0.6) is 0 Å². The number of likely N-dealkylation sites (tertiary alicyclic amines) is 2. The van der Waals surface area contributed by atoms with E-state index in [9.17, 15) is 4.39 Å². The highest BCUT2D eigenvalue weighted by Gasteiger charge is 2.42. The summed E-state index contributed by atoms with van der Waals surface area (Å²) in [5, 5.41) is 3.62. The average Bonchev–Trinajstić information content (AvgIpc) is 3.35. The molecule has 29 heavy (non-hydrogen) atoms. The van der Waals surface area contributed by atoms with Crippen LogP contribution in [-0.4, -0.2) is 68.7 Å². The molecule has 1 atom stereocenters. The molecule has 0 saturated carbocycles. The maximum Gasteiger partial charge on any atom is 0.193 e. The van der Waals surface area contributed by atoms with Gasteiger partial charge in [-0.25, -0.2) is 4.39 Å².